The Kier molecular flexibility index (Phi) is 5.07. The van der Waals surface area contributed by atoms with Gasteiger partial charge >= 0.3 is 0 Å². The van der Waals surface area contributed by atoms with Crippen molar-refractivity contribution in [2.45, 2.75) is 32.7 Å². The van der Waals surface area contributed by atoms with Crippen LogP contribution in [0, 0.1) is 6.92 Å². The molecule has 1 unspecified atom stereocenters. The summed E-state index contributed by atoms with van der Waals surface area (Å²) in [5, 5.41) is 3.54. The van der Waals surface area contributed by atoms with Gasteiger partial charge in [-0.2, -0.15) is 0 Å². The molecule has 3 N–H and O–H groups in total. The maximum absolute atomic E-state index is 6.02. The molecule has 0 saturated heterocycles. The number of nitrogens with zero attached hydrogens (tertiary/aromatic N) is 2. The Labute approximate surface area is 120 Å². The maximum Gasteiger partial charge on any atom is 0.0579 e. The first kappa shape index (κ1) is 14.5. The molecular formula is C16H22N4. The Morgan fingerprint density at radius 3 is 2.85 bits per heavy atom. The van der Waals surface area contributed by atoms with E-state index in [1.54, 1.807) is 6.20 Å². The summed E-state index contributed by atoms with van der Waals surface area (Å²) in [4.78, 5) is 8.79. The van der Waals surface area contributed by atoms with E-state index in [-0.39, 0.29) is 6.04 Å². The Bertz CT molecular complexity index is 554. The summed E-state index contributed by atoms with van der Waals surface area (Å²) in [5.41, 5.74) is 9.95. The Morgan fingerprint density at radius 2 is 2.15 bits per heavy atom. The van der Waals surface area contributed by atoms with Gasteiger partial charge in [0.15, 0.2) is 0 Å². The van der Waals surface area contributed by atoms with Crippen molar-refractivity contribution >= 4 is 5.69 Å². The van der Waals surface area contributed by atoms with Crippen LogP contribution in [0.3, 0.4) is 0 Å². The summed E-state index contributed by atoms with van der Waals surface area (Å²) >= 11 is 0. The van der Waals surface area contributed by atoms with Gasteiger partial charge in [0.05, 0.1) is 11.7 Å². The first-order chi connectivity index (χ1) is 9.70. The summed E-state index contributed by atoms with van der Waals surface area (Å²) in [6.45, 7) is 5.13. The molecule has 106 valence electrons. The van der Waals surface area contributed by atoms with Crippen molar-refractivity contribution < 1.29 is 0 Å². The van der Waals surface area contributed by atoms with Crippen LogP contribution in [0.15, 0.2) is 36.7 Å². The first-order valence-electron chi connectivity index (χ1n) is 7.06. The van der Waals surface area contributed by atoms with Gasteiger partial charge in [0, 0.05) is 23.8 Å². The van der Waals surface area contributed by atoms with Crippen LogP contribution in [0.5, 0.6) is 0 Å². The van der Waals surface area contributed by atoms with Crippen LogP contribution in [0.25, 0.3) is 0 Å². The van der Waals surface area contributed by atoms with Crippen LogP contribution < -0.4 is 11.1 Å². The fraction of sp³-hybridized carbons (Fsp3) is 0.375. The third-order valence-corrected chi connectivity index (χ3v) is 3.27. The minimum Gasteiger partial charge on any atom is -0.398 e. The fourth-order valence-electron chi connectivity index (χ4n) is 2.19. The van der Waals surface area contributed by atoms with Crippen LogP contribution in [-0.4, -0.2) is 16.5 Å². The van der Waals surface area contributed by atoms with E-state index < -0.39 is 0 Å². The Hall–Kier alpha value is -1.94. The molecule has 2 aromatic rings. The molecule has 0 aliphatic carbocycles. The van der Waals surface area contributed by atoms with E-state index in [0.29, 0.717) is 0 Å². The van der Waals surface area contributed by atoms with E-state index in [0.717, 1.165) is 42.0 Å². The lowest BCUT2D eigenvalue weighted by molar-refractivity contribution is 0.517. The summed E-state index contributed by atoms with van der Waals surface area (Å²) in [5.74, 6) is 0. The minimum atomic E-state index is 0.168. The smallest absolute Gasteiger partial charge is 0.0579 e. The summed E-state index contributed by atoms with van der Waals surface area (Å²) in [6, 6.07) is 8.13. The van der Waals surface area contributed by atoms with E-state index in [9.17, 15) is 0 Å². The second kappa shape index (κ2) is 7.01. The molecule has 2 aromatic heterocycles. The predicted octanol–water partition coefficient (Wildman–Crippen LogP) is 2.65. The highest BCUT2D eigenvalue weighted by atomic mass is 14.9. The van der Waals surface area contributed by atoms with Crippen LogP contribution in [-0.2, 0) is 6.42 Å². The van der Waals surface area contributed by atoms with Crippen molar-refractivity contribution in [3.05, 3.63) is 53.6 Å². The standard InChI is InChI=1S/C16H22N4/c1-3-8-19-16(15-6-4-5-12(2)20-15)10-13-11-18-9-7-14(13)17/h4-7,9,11,16,19H,3,8,10H2,1-2H3,(H2,17,18). The number of nitrogens with one attached hydrogen (secondary N) is 1. The molecule has 0 amide bonds. The van der Waals surface area contributed by atoms with E-state index in [2.05, 4.69) is 28.3 Å². The molecule has 0 spiro atoms. The second-order valence-corrected chi connectivity index (χ2v) is 4.99. The number of nitrogen functional groups attached to an aromatic ring is 1. The van der Waals surface area contributed by atoms with Gasteiger partial charge in [-0.3, -0.25) is 9.97 Å². The number of hydrogen-bond acceptors (Lipinski definition) is 4. The molecular weight excluding hydrogens is 248 g/mol. The summed E-state index contributed by atoms with van der Waals surface area (Å²) < 4.78 is 0. The molecule has 0 aliphatic rings. The number of rotatable bonds is 6. The van der Waals surface area contributed by atoms with Crippen molar-refractivity contribution in [1.29, 1.82) is 0 Å². The fourth-order valence-corrected chi connectivity index (χ4v) is 2.19. The number of hydrogen-bond donors (Lipinski definition) is 2. The average molecular weight is 270 g/mol. The van der Waals surface area contributed by atoms with Crippen molar-refractivity contribution in [1.82, 2.24) is 15.3 Å². The number of aryl methyl sites for hydroxylation is 1. The molecule has 0 aromatic carbocycles. The maximum atomic E-state index is 6.02. The molecule has 0 aliphatic heterocycles. The lowest BCUT2D eigenvalue weighted by Crippen LogP contribution is -2.25. The quantitative estimate of drug-likeness (QED) is 0.847. The third-order valence-electron chi connectivity index (χ3n) is 3.27. The molecule has 4 nitrogen and oxygen atoms in total. The van der Waals surface area contributed by atoms with Crippen LogP contribution >= 0.6 is 0 Å². The van der Waals surface area contributed by atoms with E-state index >= 15 is 0 Å². The van der Waals surface area contributed by atoms with E-state index in [4.69, 9.17) is 5.73 Å². The van der Waals surface area contributed by atoms with Crippen LogP contribution in [0.4, 0.5) is 5.69 Å². The Morgan fingerprint density at radius 1 is 1.30 bits per heavy atom. The zero-order chi connectivity index (χ0) is 14.4. The highest BCUT2D eigenvalue weighted by molar-refractivity contribution is 5.45. The molecule has 20 heavy (non-hydrogen) atoms. The van der Waals surface area contributed by atoms with Gasteiger partial charge in [-0.15, -0.1) is 0 Å². The Balaban J connectivity index is 2.21. The van der Waals surface area contributed by atoms with Crippen LogP contribution in [0.1, 0.15) is 36.3 Å². The highest BCUT2D eigenvalue weighted by Gasteiger charge is 2.14. The summed E-state index contributed by atoms with van der Waals surface area (Å²) in [6.07, 6.45) is 5.45. The van der Waals surface area contributed by atoms with Gasteiger partial charge in [0.1, 0.15) is 0 Å². The molecule has 2 heterocycles. The third kappa shape index (κ3) is 3.78. The van der Waals surface area contributed by atoms with Crippen molar-refractivity contribution in [3.8, 4) is 0 Å². The SMILES string of the molecule is CCCNC(Cc1cnccc1N)c1cccc(C)n1. The molecule has 0 radical (unpaired) electrons. The van der Waals surface area contributed by atoms with E-state index in [1.165, 1.54) is 0 Å². The van der Waals surface area contributed by atoms with Gasteiger partial charge in [-0.1, -0.05) is 13.0 Å². The van der Waals surface area contributed by atoms with Crippen LogP contribution in [0.2, 0.25) is 0 Å². The zero-order valence-corrected chi connectivity index (χ0v) is 12.1. The summed E-state index contributed by atoms with van der Waals surface area (Å²) in [7, 11) is 0. The number of nitrogens with two attached hydrogens (primary N) is 1. The minimum absolute atomic E-state index is 0.168. The molecule has 0 fully saturated rings. The van der Waals surface area contributed by atoms with Gasteiger partial charge in [0.2, 0.25) is 0 Å². The zero-order valence-electron chi connectivity index (χ0n) is 12.1. The van der Waals surface area contributed by atoms with Crippen molar-refractivity contribution in [2.24, 2.45) is 0 Å². The average Bonchev–Trinajstić information content (AvgIpc) is 2.45. The topological polar surface area (TPSA) is 63.8 Å². The van der Waals surface area contributed by atoms with Crippen molar-refractivity contribution in [3.63, 3.8) is 0 Å². The van der Waals surface area contributed by atoms with Gasteiger partial charge < -0.3 is 11.1 Å². The molecule has 4 heteroatoms. The number of pyridine rings is 2. The van der Waals surface area contributed by atoms with Gasteiger partial charge in [-0.05, 0) is 50.1 Å². The van der Waals surface area contributed by atoms with Gasteiger partial charge in [0.25, 0.3) is 0 Å². The first-order valence-corrected chi connectivity index (χ1v) is 7.06. The number of aromatic nitrogens is 2. The molecule has 0 bridgehead atoms. The number of anilines is 1. The molecule has 2 rings (SSSR count). The lowest BCUT2D eigenvalue weighted by Gasteiger charge is -2.19. The molecule has 1 atom stereocenters. The second-order valence-electron chi connectivity index (χ2n) is 4.99. The van der Waals surface area contributed by atoms with Gasteiger partial charge in [-0.25, -0.2) is 0 Å². The highest BCUT2D eigenvalue weighted by Crippen LogP contribution is 2.20. The monoisotopic (exact) mass is 270 g/mol. The molecule has 0 saturated carbocycles. The predicted molar refractivity (Wildman–Crippen MR) is 82.4 cm³/mol. The largest absolute Gasteiger partial charge is 0.398 e. The normalized spacial score (nSPS) is 12.3. The lowest BCUT2D eigenvalue weighted by atomic mass is 10.0. The van der Waals surface area contributed by atoms with E-state index in [1.807, 2.05) is 31.3 Å². The van der Waals surface area contributed by atoms with Crippen molar-refractivity contribution in [2.75, 3.05) is 12.3 Å².